The molecule has 0 radical (unpaired) electrons. The van der Waals surface area contributed by atoms with Crippen molar-refractivity contribution in [2.24, 2.45) is 5.41 Å². The molecule has 1 amide bonds. The van der Waals surface area contributed by atoms with Gasteiger partial charge in [0.2, 0.25) is 0 Å². The summed E-state index contributed by atoms with van der Waals surface area (Å²) in [7, 11) is 1.73. The van der Waals surface area contributed by atoms with Crippen LogP contribution in [0.2, 0.25) is 0 Å². The number of ether oxygens (including phenoxy) is 1. The number of rotatable bonds is 5. The molecule has 118 valence electrons. The van der Waals surface area contributed by atoms with Gasteiger partial charge in [-0.05, 0) is 45.0 Å². The molecule has 1 aliphatic heterocycles. The summed E-state index contributed by atoms with van der Waals surface area (Å²) < 4.78 is 5.36. The molecule has 0 aromatic heterocycles. The second-order valence-electron chi connectivity index (χ2n) is 5.73. The molecule has 5 heteroatoms. The molecule has 0 unspecified atom stereocenters. The van der Waals surface area contributed by atoms with Crippen molar-refractivity contribution < 1.29 is 9.53 Å². The van der Waals surface area contributed by atoms with Crippen LogP contribution in [0.3, 0.4) is 0 Å². The molecule has 0 saturated carbocycles. The van der Waals surface area contributed by atoms with E-state index in [0.717, 1.165) is 37.1 Å². The zero-order valence-corrected chi connectivity index (χ0v) is 13.6. The fourth-order valence-electron chi connectivity index (χ4n) is 2.71. The molecular formula is C16H25ClN2O2. The maximum atomic E-state index is 12.2. The van der Waals surface area contributed by atoms with Crippen molar-refractivity contribution >= 4 is 18.3 Å². The Kier molecular flexibility index (Phi) is 7.15. The number of benzene rings is 1. The molecule has 2 N–H and O–H groups in total. The Morgan fingerprint density at radius 1 is 1.29 bits per heavy atom. The van der Waals surface area contributed by atoms with Gasteiger partial charge in [-0.1, -0.05) is 17.7 Å². The van der Waals surface area contributed by atoms with Gasteiger partial charge in [0.05, 0.1) is 6.61 Å². The van der Waals surface area contributed by atoms with Gasteiger partial charge >= 0.3 is 0 Å². The van der Waals surface area contributed by atoms with Crippen molar-refractivity contribution in [2.45, 2.75) is 19.8 Å². The molecule has 1 aromatic rings. The number of aryl methyl sites for hydroxylation is 1. The molecule has 1 heterocycles. The first kappa shape index (κ1) is 18.0. The van der Waals surface area contributed by atoms with Crippen molar-refractivity contribution in [2.75, 3.05) is 33.4 Å². The van der Waals surface area contributed by atoms with Crippen LogP contribution >= 0.6 is 12.4 Å². The fraction of sp³-hybridized carbons (Fsp3) is 0.562. The van der Waals surface area contributed by atoms with Crippen molar-refractivity contribution in [3.63, 3.8) is 0 Å². The lowest BCUT2D eigenvalue weighted by molar-refractivity contribution is 0.0512. The lowest BCUT2D eigenvalue weighted by Crippen LogP contribution is -2.47. The number of piperidine rings is 1. The van der Waals surface area contributed by atoms with Gasteiger partial charge in [-0.15, -0.1) is 12.4 Å². The highest BCUT2D eigenvalue weighted by Crippen LogP contribution is 2.28. The Morgan fingerprint density at radius 2 is 1.90 bits per heavy atom. The average molecular weight is 313 g/mol. The van der Waals surface area contributed by atoms with Crippen LogP contribution < -0.4 is 10.6 Å². The van der Waals surface area contributed by atoms with Gasteiger partial charge < -0.3 is 15.4 Å². The first-order valence-electron chi connectivity index (χ1n) is 7.20. The Hall–Kier alpha value is -1.10. The van der Waals surface area contributed by atoms with Crippen LogP contribution in [0.4, 0.5) is 0 Å². The highest BCUT2D eigenvalue weighted by Gasteiger charge is 2.32. The van der Waals surface area contributed by atoms with E-state index in [1.807, 2.05) is 31.2 Å². The van der Waals surface area contributed by atoms with E-state index in [1.54, 1.807) is 7.11 Å². The number of halogens is 1. The second kappa shape index (κ2) is 8.37. The highest BCUT2D eigenvalue weighted by molar-refractivity contribution is 5.94. The quantitative estimate of drug-likeness (QED) is 0.876. The predicted octanol–water partition coefficient (Wildman–Crippen LogP) is 2.16. The van der Waals surface area contributed by atoms with Crippen molar-refractivity contribution in [1.82, 2.24) is 10.6 Å². The third-order valence-corrected chi connectivity index (χ3v) is 4.05. The van der Waals surface area contributed by atoms with E-state index in [0.29, 0.717) is 13.2 Å². The van der Waals surface area contributed by atoms with Crippen LogP contribution in [0.25, 0.3) is 0 Å². The summed E-state index contributed by atoms with van der Waals surface area (Å²) >= 11 is 0. The number of carbonyl (C=O) groups excluding carboxylic acids is 1. The lowest BCUT2D eigenvalue weighted by atomic mass is 9.79. The summed E-state index contributed by atoms with van der Waals surface area (Å²) in [5.41, 5.74) is 1.95. The van der Waals surface area contributed by atoms with E-state index < -0.39 is 0 Å². The average Bonchev–Trinajstić information content (AvgIpc) is 2.47. The molecule has 4 nitrogen and oxygen atoms in total. The van der Waals surface area contributed by atoms with E-state index in [9.17, 15) is 4.79 Å². The molecule has 0 aliphatic carbocycles. The SMILES string of the molecule is COCC1(CNC(=O)c2ccc(C)cc2)CCNCC1.Cl. The van der Waals surface area contributed by atoms with Gasteiger partial charge in [0.15, 0.2) is 0 Å². The molecule has 2 rings (SSSR count). The summed E-state index contributed by atoms with van der Waals surface area (Å²) in [5.74, 6) is -0.000916. The third-order valence-electron chi connectivity index (χ3n) is 4.05. The van der Waals surface area contributed by atoms with Crippen molar-refractivity contribution in [1.29, 1.82) is 0 Å². The smallest absolute Gasteiger partial charge is 0.251 e. The van der Waals surface area contributed by atoms with Crippen LogP contribution in [0.15, 0.2) is 24.3 Å². The monoisotopic (exact) mass is 312 g/mol. The molecule has 0 bridgehead atoms. The molecule has 21 heavy (non-hydrogen) atoms. The summed E-state index contributed by atoms with van der Waals surface area (Å²) in [6.07, 6.45) is 2.07. The van der Waals surface area contributed by atoms with Crippen molar-refractivity contribution in [3.05, 3.63) is 35.4 Å². The molecular weight excluding hydrogens is 288 g/mol. The number of amides is 1. The zero-order chi connectivity index (χ0) is 14.4. The van der Waals surface area contributed by atoms with Gasteiger partial charge in [0.25, 0.3) is 5.91 Å². The minimum atomic E-state index is -0.000916. The molecule has 1 aliphatic rings. The van der Waals surface area contributed by atoms with Crippen molar-refractivity contribution in [3.8, 4) is 0 Å². The Labute approximate surface area is 133 Å². The van der Waals surface area contributed by atoms with Gasteiger partial charge in [0.1, 0.15) is 0 Å². The maximum Gasteiger partial charge on any atom is 0.251 e. The van der Waals surface area contributed by atoms with Crippen LogP contribution in [-0.4, -0.2) is 39.3 Å². The first-order valence-corrected chi connectivity index (χ1v) is 7.20. The predicted molar refractivity (Wildman–Crippen MR) is 87.2 cm³/mol. The normalized spacial score (nSPS) is 16.9. The number of hydrogen-bond acceptors (Lipinski definition) is 3. The minimum Gasteiger partial charge on any atom is -0.384 e. The molecule has 0 atom stereocenters. The number of carbonyl (C=O) groups is 1. The van der Waals surface area contributed by atoms with E-state index in [1.165, 1.54) is 0 Å². The van der Waals surface area contributed by atoms with E-state index >= 15 is 0 Å². The Bertz CT molecular complexity index is 437. The zero-order valence-electron chi connectivity index (χ0n) is 12.8. The minimum absolute atomic E-state index is 0. The number of nitrogens with one attached hydrogen (secondary N) is 2. The second-order valence-corrected chi connectivity index (χ2v) is 5.73. The van der Waals surface area contributed by atoms with Gasteiger partial charge in [-0.3, -0.25) is 4.79 Å². The summed E-state index contributed by atoms with van der Waals surface area (Å²) in [6.45, 7) is 5.37. The summed E-state index contributed by atoms with van der Waals surface area (Å²) in [6, 6.07) is 7.67. The van der Waals surface area contributed by atoms with Crippen LogP contribution in [0.5, 0.6) is 0 Å². The standard InChI is InChI=1S/C16H24N2O2.ClH/c1-13-3-5-14(6-4-13)15(19)18-11-16(12-20-2)7-9-17-10-8-16;/h3-6,17H,7-12H2,1-2H3,(H,18,19);1H. The lowest BCUT2D eigenvalue weighted by Gasteiger charge is -2.37. The van der Waals surface area contributed by atoms with E-state index in [2.05, 4.69) is 10.6 Å². The van der Waals surface area contributed by atoms with Crippen LogP contribution in [-0.2, 0) is 4.74 Å². The Morgan fingerprint density at radius 3 is 2.48 bits per heavy atom. The molecule has 1 saturated heterocycles. The largest absolute Gasteiger partial charge is 0.384 e. The topological polar surface area (TPSA) is 50.4 Å². The van der Waals surface area contributed by atoms with Crippen LogP contribution in [0, 0.1) is 12.3 Å². The summed E-state index contributed by atoms with van der Waals surface area (Å²) in [5, 5.41) is 6.42. The third kappa shape index (κ3) is 4.99. The van der Waals surface area contributed by atoms with E-state index in [-0.39, 0.29) is 23.7 Å². The maximum absolute atomic E-state index is 12.2. The molecule has 1 aromatic carbocycles. The van der Waals surface area contributed by atoms with Gasteiger partial charge in [-0.2, -0.15) is 0 Å². The Balaban J connectivity index is 0.00000220. The molecule has 1 fully saturated rings. The van der Waals surface area contributed by atoms with Crippen LogP contribution in [0.1, 0.15) is 28.8 Å². The van der Waals surface area contributed by atoms with E-state index in [4.69, 9.17) is 4.74 Å². The fourth-order valence-corrected chi connectivity index (χ4v) is 2.71. The number of methoxy groups -OCH3 is 1. The number of hydrogen-bond donors (Lipinski definition) is 2. The summed E-state index contributed by atoms with van der Waals surface area (Å²) in [4.78, 5) is 12.2. The highest BCUT2D eigenvalue weighted by atomic mass is 35.5. The van der Waals surface area contributed by atoms with Gasteiger partial charge in [0, 0.05) is 24.6 Å². The van der Waals surface area contributed by atoms with Gasteiger partial charge in [-0.25, -0.2) is 0 Å². The first-order chi connectivity index (χ1) is 9.65. The molecule has 0 spiro atoms.